The molecule has 1 amide bonds. The second kappa shape index (κ2) is 6.42. The van der Waals surface area contributed by atoms with E-state index in [1.165, 1.54) is 17.9 Å². The summed E-state index contributed by atoms with van der Waals surface area (Å²) in [6.45, 7) is 3.82. The molecule has 3 unspecified atom stereocenters. The van der Waals surface area contributed by atoms with Crippen molar-refractivity contribution >= 4 is 11.9 Å². The second-order valence-electron chi connectivity index (χ2n) is 5.85. The van der Waals surface area contributed by atoms with Crippen LogP contribution in [0.4, 0.5) is 8.78 Å². The van der Waals surface area contributed by atoms with E-state index in [-0.39, 0.29) is 23.9 Å². The maximum absolute atomic E-state index is 13.8. The van der Waals surface area contributed by atoms with Gasteiger partial charge in [-0.3, -0.25) is 9.59 Å². The minimum atomic E-state index is -0.935. The number of carboxylic acids is 1. The number of nitrogens with zero attached hydrogens (tertiary/aromatic N) is 1. The fourth-order valence-corrected chi connectivity index (χ4v) is 3.03. The monoisotopic (exact) mass is 311 g/mol. The van der Waals surface area contributed by atoms with Crippen LogP contribution >= 0.6 is 0 Å². The lowest BCUT2D eigenvalue weighted by Crippen LogP contribution is -2.46. The lowest BCUT2D eigenvalue weighted by Gasteiger charge is -2.36. The summed E-state index contributed by atoms with van der Waals surface area (Å²) >= 11 is 0. The average molecular weight is 311 g/mol. The van der Waals surface area contributed by atoms with Crippen molar-refractivity contribution in [2.75, 3.05) is 13.1 Å². The molecule has 4 nitrogen and oxygen atoms in total. The van der Waals surface area contributed by atoms with Crippen molar-refractivity contribution in [3.63, 3.8) is 0 Å². The average Bonchev–Trinajstić information content (AvgIpc) is 2.45. The molecule has 120 valence electrons. The SMILES string of the molecule is CC(C(=O)N1CCC(C(=O)O)C(C)C1)c1c(F)cccc1F. The number of carboxylic acid groups (broad SMARTS) is 1. The van der Waals surface area contributed by atoms with Gasteiger partial charge in [0.05, 0.1) is 11.8 Å². The molecule has 3 atom stereocenters. The first-order chi connectivity index (χ1) is 10.3. The van der Waals surface area contributed by atoms with Gasteiger partial charge in [-0.1, -0.05) is 13.0 Å². The van der Waals surface area contributed by atoms with Crippen LogP contribution in [0.25, 0.3) is 0 Å². The highest BCUT2D eigenvalue weighted by Crippen LogP contribution is 2.28. The zero-order chi connectivity index (χ0) is 16.4. The Morgan fingerprint density at radius 1 is 1.32 bits per heavy atom. The Morgan fingerprint density at radius 2 is 1.91 bits per heavy atom. The molecule has 1 aliphatic heterocycles. The third kappa shape index (κ3) is 3.10. The van der Waals surface area contributed by atoms with Gasteiger partial charge < -0.3 is 10.0 Å². The Bertz CT molecular complexity index is 571. The Hall–Kier alpha value is -1.98. The lowest BCUT2D eigenvalue weighted by molar-refractivity contribution is -0.148. The zero-order valence-electron chi connectivity index (χ0n) is 12.6. The minimum absolute atomic E-state index is 0.187. The first-order valence-electron chi connectivity index (χ1n) is 7.28. The largest absolute Gasteiger partial charge is 0.481 e. The molecule has 0 aliphatic carbocycles. The molecule has 22 heavy (non-hydrogen) atoms. The van der Waals surface area contributed by atoms with E-state index in [2.05, 4.69) is 0 Å². The topological polar surface area (TPSA) is 57.6 Å². The number of piperidine rings is 1. The lowest BCUT2D eigenvalue weighted by atomic mass is 9.86. The Balaban J connectivity index is 2.14. The summed E-state index contributed by atoms with van der Waals surface area (Å²) in [5.41, 5.74) is -0.236. The van der Waals surface area contributed by atoms with Gasteiger partial charge in [-0.05, 0) is 31.4 Å². The van der Waals surface area contributed by atoms with Crippen molar-refractivity contribution in [2.45, 2.75) is 26.2 Å². The fraction of sp³-hybridized carbons (Fsp3) is 0.500. The summed E-state index contributed by atoms with van der Waals surface area (Å²) in [5, 5.41) is 9.09. The molecule has 2 rings (SSSR count). The van der Waals surface area contributed by atoms with Gasteiger partial charge in [-0.15, -0.1) is 0 Å². The van der Waals surface area contributed by atoms with Crippen LogP contribution in [0, 0.1) is 23.5 Å². The van der Waals surface area contributed by atoms with Gasteiger partial charge in [0.15, 0.2) is 0 Å². The Kier molecular flexibility index (Phi) is 4.78. The summed E-state index contributed by atoms with van der Waals surface area (Å²) in [4.78, 5) is 25.1. The Labute approximate surface area is 127 Å². The number of hydrogen-bond donors (Lipinski definition) is 1. The van der Waals surface area contributed by atoms with E-state index < -0.39 is 29.4 Å². The van der Waals surface area contributed by atoms with Crippen molar-refractivity contribution in [3.8, 4) is 0 Å². The zero-order valence-corrected chi connectivity index (χ0v) is 12.6. The number of carbonyl (C=O) groups excluding carboxylic acids is 1. The van der Waals surface area contributed by atoms with Crippen LogP contribution in [0.5, 0.6) is 0 Å². The number of rotatable bonds is 3. The molecule has 0 aromatic heterocycles. The first kappa shape index (κ1) is 16.4. The van der Waals surface area contributed by atoms with Crippen molar-refractivity contribution in [1.82, 2.24) is 4.90 Å². The molecule has 0 saturated carbocycles. The van der Waals surface area contributed by atoms with Crippen molar-refractivity contribution in [1.29, 1.82) is 0 Å². The number of likely N-dealkylation sites (tertiary alicyclic amines) is 1. The van der Waals surface area contributed by atoms with Crippen LogP contribution < -0.4 is 0 Å². The minimum Gasteiger partial charge on any atom is -0.481 e. The van der Waals surface area contributed by atoms with E-state index in [1.807, 2.05) is 0 Å². The van der Waals surface area contributed by atoms with Crippen LogP contribution in [-0.2, 0) is 9.59 Å². The third-order valence-corrected chi connectivity index (χ3v) is 4.34. The van der Waals surface area contributed by atoms with E-state index in [4.69, 9.17) is 5.11 Å². The molecular weight excluding hydrogens is 292 g/mol. The van der Waals surface area contributed by atoms with Gasteiger partial charge in [-0.2, -0.15) is 0 Å². The van der Waals surface area contributed by atoms with Crippen LogP contribution in [0.1, 0.15) is 31.7 Å². The molecule has 1 N–H and O–H groups in total. The fourth-order valence-electron chi connectivity index (χ4n) is 3.03. The van der Waals surface area contributed by atoms with Crippen LogP contribution in [0.2, 0.25) is 0 Å². The quantitative estimate of drug-likeness (QED) is 0.933. The molecule has 1 aromatic carbocycles. The first-order valence-corrected chi connectivity index (χ1v) is 7.28. The molecule has 1 aliphatic rings. The summed E-state index contributed by atoms with van der Waals surface area (Å²) in [6, 6.07) is 3.51. The molecule has 0 radical (unpaired) electrons. The van der Waals surface area contributed by atoms with E-state index >= 15 is 0 Å². The van der Waals surface area contributed by atoms with E-state index in [9.17, 15) is 18.4 Å². The van der Waals surface area contributed by atoms with Gasteiger partial charge in [-0.25, -0.2) is 8.78 Å². The molecule has 1 saturated heterocycles. The summed E-state index contributed by atoms with van der Waals surface area (Å²) < 4.78 is 27.6. The molecule has 1 aromatic rings. The molecule has 1 fully saturated rings. The van der Waals surface area contributed by atoms with Crippen LogP contribution in [-0.4, -0.2) is 35.0 Å². The van der Waals surface area contributed by atoms with E-state index in [0.717, 1.165) is 12.1 Å². The predicted molar refractivity (Wildman–Crippen MR) is 76.3 cm³/mol. The van der Waals surface area contributed by atoms with Crippen LogP contribution in [0.15, 0.2) is 18.2 Å². The predicted octanol–water partition coefficient (Wildman–Crippen LogP) is 2.64. The molecule has 6 heteroatoms. The number of hydrogen-bond acceptors (Lipinski definition) is 2. The summed E-state index contributed by atoms with van der Waals surface area (Å²) in [5.74, 6) is -4.33. The normalized spacial score (nSPS) is 23.2. The molecule has 1 heterocycles. The Morgan fingerprint density at radius 3 is 2.41 bits per heavy atom. The van der Waals surface area contributed by atoms with Gasteiger partial charge >= 0.3 is 5.97 Å². The summed E-state index contributed by atoms with van der Waals surface area (Å²) in [7, 11) is 0. The highest BCUT2D eigenvalue weighted by Gasteiger charge is 2.35. The highest BCUT2D eigenvalue weighted by atomic mass is 19.1. The van der Waals surface area contributed by atoms with Crippen molar-refractivity contribution < 1.29 is 23.5 Å². The highest BCUT2D eigenvalue weighted by molar-refractivity contribution is 5.84. The summed E-state index contributed by atoms with van der Waals surface area (Å²) in [6.07, 6.45) is 0.356. The van der Waals surface area contributed by atoms with Gasteiger partial charge in [0.25, 0.3) is 0 Å². The molecular formula is C16H19F2NO3. The maximum Gasteiger partial charge on any atom is 0.306 e. The number of aliphatic carboxylic acids is 1. The van der Waals surface area contributed by atoms with Crippen LogP contribution in [0.3, 0.4) is 0 Å². The van der Waals surface area contributed by atoms with Crippen molar-refractivity contribution in [2.24, 2.45) is 11.8 Å². The number of amides is 1. The smallest absolute Gasteiger partial charge is 0.306 e. The van der Waals surface area contributed by atoms with E-state index in [0.29, 0.717) is 13.0 Å². The standard InChI is InChI=1S/C16H19F2NO3/c1-9-8-19(7-6-11(9)16(21)22)15(20)10(2)14-12(17)4-3-5-13(14)18/h3-5,9-11H,6-8H2,1-2H3,(H,21,22). The van der Waals surface area contributed by atoms with Crippen molar-refractivity contribution in [3.05, 3.63) is 35.4 Å². The number of halogens is 2. The van der Waals surface area contributed by atoms with E-state index in [1.54, 1.807) is 6.92 Å². The molecule has 0 spiro atoms. The number of benzene rings is 1. The van der Waals surface area contributed by atoms with Gasteiger partial charge in [0, 0.05) is 18.7 Å². The maximum atomic E-state index is 13.8. The second-order valence-corrected chi connectivity index (χ2v) is 5.85. The third-order valence-electron chi connectivity index (χ3n) is 4.34. The van der Waals surface area contributed by atoms with Gasteiger partial charge in [0.1, 0.15) is 11.6 Å². The number of carbonyl (C=O) groups is 2. The van der Waals surface area contributed by atoms with Gasteiger partial charge in [0.2, 0.25) is 5.91 Å². The molecule has 0 bridgehead atoms.